The van der Waals surface area contributed by atoms with E-state index in [1.807, 2.05) is 76.5 Å². The van der Waals surface area contributed by atoms with Crippen LogP contribution in [0, 0.1) is 12.3 Å². The van der Waals surface area contributed by atoms with Crippen molar-refractivity contribution in [3.63, 3.8) is 0 Å². The molecule has 1 saturated heterocycles. The molecular formula is C47H66N6O8S. The van der Waals surface area contributed by atoms with Crippen molar-refractivity contribution in [3.8, 4) is 10.4 Å². The van der Waals surface area contributed by atoms with Gasteiger partial charge < -0.3 is 41.2 Å². The number of β-amino-alcohol motifs (C(OH)–C–C–N with tert-alkyl or cyclic N) is 1. The van der Waals surface area contributed by atoms with Crippen LogP contribution in [-0.4, -0.2) is 87.2 Å². The predicted molar refractivity (Wildman–Crippen MR) is 239 cm³/mol. The summed E-state index contributed by atoms with van der Waals surface area (Å²) in [5.41, 5.74) is 10.4. The Bertz CT molecular complexity index is 2020. The van der Waals surface area contributed by atoms with Gasteiger partial charge in [-0.25, -0.2) is 9.78 Å². The van der Waals surface area contributed by atoms with Gasteiger partial charge in [0.05, 0.1) is 46.5 Å². The van der Waals surface area contributed by atoms with E-state index in [9.17, 15) is 29.1 Å². The number of alkyl carbamates (subject to hydrolysis) is 1. The Morgan fingerprint density at radius 3 is 2.19 bits per heavy atom. The van der Waals surface area contributed by atoms with Crippen molar-refractivity contribution in [1.29, 1.82) is 0 Å². The van der Waals surface area contributed by atoms with Crippen LogP contribution in [0.3, 0.4) is 0 Å². The number of aryl methyl sites for hydroxylation is 2. The number of aliphatic hydroxyl groups excluding tert-OH is 1. The Balaban J connectivity index is 1.09. The minimum atomic E-state index is -0.891. The predicted octanol–water partition coefficient (Wildman–Crippen LogP) is 6.19. The third-order valence-electron chi connectivity index (χ3n) is 11.5. The molecule has 0 spiro atoms. The molecule has 2 heterocycles. The Hall–Kier alpha value is -4.86. The standard InChI is InChI=1S/C47H66N6O8S/c1-29-40(62-28-49-29)33-17-19-34(20-18-33)47(23-24-47)52-42(57)37-25-35(54)26-53(37)43(58)41(45(3,4)5)51-39(56)12-10-9-11-31-13-15-32(16-14-31)27-60-30(2)36(21-22-38(48)55)50-44(59)61-46(6,7)8/h13-20,28,30,35-37,41,54H,9-12,21-27H2,1-8H3,(H2,48,55)(H,50,59)(H,51,56)(H,52,57)/t30-,35-,36+,37+,41-/m1/s1. The first kappa shape index (κ1) is 48.2. The van der Waals surface area contributed by atoms with Gasteiger partial charge in [0.25, 0.3) is 0 Å². The number of nitrogens with one attached hydrogen (secondary N) is 3. The first-order valence-corrected chi connectivity index (χ1v) is 22.6. The summed E-state index contributed by atoms with van der Waals surface area (Å²) in [5, 5.41) is 19.7. The maximum absolute atomic E-state index is 14.2. The third kappa shape index (κ3) is 13.6. The first-order chi connectivity index (χ1) is 29.1. The molecule has 0 bridgehead atoms. The molecule has 1 aliphatic heterocycles. The summed E-state index contributed by atoms with van der Waals surface area (Å²) in [6.07, 6.45) is 2.57. The number of carbonyl (C=O) groups is 5. The average Bonchev–Trinajstić information content (AvgIpc) is 3.66. The van der Waals surface area contributed by atoms with Crippen LogP contribution in [-0.2, 0) is 47.2 Å². The number of likely N-dealkylation sites (tertiary alicyclic amines) is 1. The van der Waals surface area contributed by atoms with Gasteiger partial charge in [-0.2, -0.15) is 0 Å². The number of thiazole rings is 1. The lowest BCUT2D eigenvalue weighted by atomic mass is 9.85. The monoisotopic (exact) mass is 874 g/mol. The van der Waals surface area contributed by atoms with Crippen molar-refractivity contribution in [2.24, 2.45) is 11.1 Å². The van der Waals surface area contributed by atoms with E-state index in [1.165, 1.54) is 4.90 Å². The molecule has 2 aromatic carbocycles. The topological polar surface area (TPSA) is 202 Å². The van der Waals surface area contributed by atoms with Crippen LogP contribution < -0.4 is 21.7 Å². The molecule has 5 rings (SSSR count). The van der Waals surface area contributed by atoms with Crippen LogP contribution in [0.1, 0.15) is 122 Å². The zero-order valence-electron chi connectivity index (χ0n) is 37.5. The third-order valence-corrected chi connectivity index (χ3v) is 12.4. The number of hydrogen-bond donors (Lipinski definition) is 5. The molecule has 1 saturated carbocycles. The number of unbranched alkanes of at least 4 members (excludes halogenated alkanes) is 1. The SMILES string of the molecule is Cc1ncsc1-c1ccc(C2(NC(=O)[C@@H]3C[C@@H](O)CN3C(=O)[C@@H](NC(=O)CCCCc3ccc(CO[C@H](C)[C@H](CCC(N)=O)NC(=O)OC(C)(C)C)cc3)C(C)(C)C)CC2)cc1. The van der Waals surface area contributed by atoms with E-state index in [0.717, 1.165) is 58.5 Å². The summed E-state index contributed by atoms with van der Waals surface area (Å²) in [6.45, 7) is 15.1. The maximum Gasteiger partial charge on any atom is 0.407 e. The number of rotatable bonds is 19. The van der Waals surface area contributed by atoms with E-state index in [4.69, 9.17) is 15.2 Å². The van der Waals surface area contributed by atoms with Gasteiger partial charge in [-0.3, -0.25) is 19.2 Å². The molecule has 1 aromatic heterocycles. The van der Waals surface area contributed by atoms with Crippen molar-refractivity contribution in [1.82, 2.24) is 25.8 Å². The summed E-state index contributed by atoms with van der Waals surface area (Å²) < 4.78 is 11.5. The van der Waals surface area contributed by atoms with Crippen LogP contribution in [0.5, 0.6) is 0 Å². The van der Waals surface area contributed by atoms with Crippen LogP contribution in [0.25, 0.3) is 10.4 Å². The molecule has 3 aromatic rings. The molecule has 1 aliphatic carbocycles. The smallest absolute Gasteiger partial charge is 0.407 e. The molecule has 6 N–H and O–H groups in total. The summed E-state index contributed by atoms with van der Waals surface area (Å²) in [7, 11) is 0. The second-order valence-electron chi connectivity index (χ2n) is 19.0. The van der Waals surface area contributed by atoms with E-state index in [0.29, 0.717) is 19.4 Å². The number of aliphatic hydroxyl groups is 1. The highest BCUT2D eigenvalue weighted by Crippen LogP contribution is 2.46. The van der Waals surface area contributed by atoms with Gasteiger partial charge in [0.2, 0.25) is 23.6 Å². The molecule has 62 heavy (non-hydrogen) atoms. The fraction of sp³-hybridized carbons (Fsp3) is 0.574. The van der Waals surface area contributed by atoms with Gasteiger partial charge in [-0.05, 0) is 101 Å². The number of hydrogen-bond acceptors (Lipinski definition) is 10. The lowest BCUT2D eigenvalue weighted by molar-refractivity contribution is -0.144. The maximum atomic E-state index is 14.2. The number of benzene rings is 2. The van der Waals surface area contributed by atoms with Gasteiger partial charge in [0.15, 0.2) is 0 Å². The van der Waals surface area contributed by atoms with Crippen LogP contribution >= 0.6 is 11.3 Å². The molecule has 14 nitrogen and oxygen atoms in total. The van der Waals surface area contributed by atoms with Crippen molar-refractivity contribution in [2.75, 3.05) is 6.54 Å². The van der Waals surface area contributed by atoms with Gasteiger partial charge in [-0.15, -0.1) is 11.3 Å². The van der Waals surface area contributed by atoms with Gasteiger partial charge in [0, 0.05) is 25.8 Å². The minimum Gasteiger partial charge on any atom is -0.444 e. The van der Waals surface area contributed by atoms with Crippen molar-refractivity contribution in [2.45, 2.75) is 161 Å². The summed E-state index contributed by atoms with van der Waals surface area (Å²) in [4.78, 5) is 72.2. The summed E-state index contributed by atoms with van der Waals surface area (Å²) in [5.74, 6) is -1.39. The fourth-order valence-corrected chi connectivity index (χ4v) is 8.56. The van der Waals surface area contributed by atoms with Gasteiger partial charge in [-0.1, -0.05) is 69.3 Å². The van der Waals surface area contributed by atoms with Crippen LogP contribution in [0.15, 0.2) is 54.0 Å². The summed E-state index contributed by atoms with van der Waals surface area (Å²) in [6, 6.07) is 13.9. The second kappa shape index (κ2) is 20.5. The molecule has 15 heteroatoms. The molecule has 0 radical (unpaired) electrons. The second-order valence-corrected chi connectivity index (χ2v) is 19.8. The highest BCUT2D eigenvalue weighted by molar-refractivity contribution is 7.13. The Morgan fingerprint density at radius 2 is 1.61 bits per heavy atom. The zero-order chi connectivity index (χ0) is 45.4. The highest BCUT2D eigenvalue weighted by Gasteiger charge is 2.50. The van der Waals surface area contributed by atoms with Crippen molar-refractivity contribution < 1.29 is 38.6 Å². The fourth-order valence-electron chi connectivity index (χ4n) is 7.74. The molecule has 5 atom stereocenters. The number of carbonyl (C=O) groups excluding carboxylic acids is 5. The molecule has 2 fully saturated rings. The first-order valence-electron chi connectivity index (χ1n) is 21.7. The lowest BCUT2D eigenvalue weighted by Crippen LogP contribution is -2.58. The quantitative estimate of drug-likeness (QED) is 0.0871. The summed E-state index contributed by atoms with van der Waals surface area (Å²) >= 11 is 1.59. The molecule has 338 valence electrons. The zero-order valence-corrected chi connectivity index (χ0v) is 38.4. The molecule has 5 amide bonds. The molecule has 0 unspecified atom stereocenters. The average molecular weight is 875 g/mol. The number of nitrogens with two attached hydrogens (primary N) is 1. The van der Waals surface area contributed by atoms with Crippen LogP contribution in [0.4, 0.5) is 4.79 Å². The van der Waals surface area contributed by atoms with E-state index in [-0.39, 0.29) is 43.5 Å². The Labute approximate surface area is 370 Å². The number of ether oxygens (including phenoxy) is 2. The van der Waals surface area contributed by atoms with E-state index in [2.05, 4.69) is 33.1 Å². The van der Waals surface area contributed by atoms with E-state index < -0.39 is 58.9 Å². The lowest BCUT2D eigenvalue weighted by Gasteiger charge is -2.35. The minimum absolute atomic E-state index is 0.0159. The van der Waals surface area contributed by atoms with Crippen molar-refractivity contribution in [3.05, 3.63) is 76.4 Å². The number of amides is 5. The molecular weight excluding hydrogens is 809 g/mol. The Kier molecular flexibility index (Phi) is 16.0. The van der Waals surface area contributed by atoms with Gasteiger partial charge >= 0.3 is 6.09 Å². The number of primary amides is 1. The largest absolute Gasteiger partial charge is 0.444 e. The molecule has 2 aliphatic rings. The van der Waals surface area contributed by atoms with E-state index in [1.54, 1.807) is 32.1 Å². The van der Waals surface area contributed by atoms with E-state index >= 15 is 0 Å². The van der Waals surface area contributed by atoms with Crippen LogP contribution in [0.2, 0.25) is 0 Å². The number of aromatic nitrogens is 1. The Morgan fingerprint density at radius 1 is 0.952 bits per heavy atom. The van der Waals surface area contributed by atoms with Crippen molar-refractivity contribution >= 4 is 41.1 Å². The normalized spacial score (nSPS) is 18.6. The highest BCUT2D eigenvalue weighted by atomic mass is 32.1. The van der Waals surface area contributed by atoms with Gasteiger partial charge in [0.1, 0.15) is 17.7 Å². The number of nitrogens with zero attached hydrogens (tertiary/aromatic N) is 2.